The predicted octanol–water partition coefficient (Wildman–Crippen LogP) is -0.396. The van der Waals surface area contributed by atoms with Crippen LogP contribution in [0.3, 0.4) is 0 Å². The summed E-state index contributed by atoms with van der Waals surface area (Å²) in [4.78, 5) is 12.1. The van der Waals surface area contributed by atoms with Crippen LogP contribution >= 0.6 is 0 Å². The van der Waals surface area contributed by atoms with E-state index in [2.05, 4.69) is 0 Å². The molecule has 5 heteroatoms. The minimum absolute atomic E-state index is 0.0383. The number of aliphatic hydroxyl groups excluding tert-OH is 1. The van der Waals surface area contributed by atoms with Crippen molar-refractivity contribution in [2.75, 3.05) is 26.3 Å². The van der Waals surface area contributed by atoms with Gasteiger partial charge in [0.1, 0.15) is 0 Å². The van der Waals surface area contributed by atoms with Crippen molar-refractivity contribution >= 4 is 6.09 Å². The molecular formula is C8H13NO4. The zero-order chi connectivity index (χ0) is 9.42. The summed E-state index contributed by atoms with van der Waals surface area (Å²) in [7, 11) is 0. The largest absolute Gasteiger partial charge is 0.465 e. The zero-order valence-corrected chi connectivity index (χ0v) is 7.22. The molecular weight excluding hydrogens is 174 g/mol. The Balaban J connectivity index is 2.07. The third-order valence-corrected chi connectivity index (χ3v) is 2.81. The Kier molecular flexibility index (Phi) is 2.13. The Hall–Kier alpha value is -0.810. The molecule has 0 radical (unpaired) electrons. The number of fused-ring (bicyclic) bond motifs is 2. The molecule has 0 aliphatic carbocycles. The number of carboxylic acid groups (broad SMARTS) is 1. The van der Waals surface area contributed by atoms with E-state index in [1.165, 1.54) is 4.90 Å². The molecule has 1 unspecified atom stereocenters. The number of hydrogen-bond donors (Lipinski definition) is 2. The van der Waals surface area contributed by atoms with Crippen molar-refractivity contribution in [1.29, 1.82) is 0 Å². The van der Waals surface area contributed by atoms with E-state index in [0.717, 1.165) is 0 Å². The van der Waals surface area contributed by atoms with Gasteiger partial charge in [-0.3, -0.25) is 0 Å². The molecule has 2 aliphatic heterocycles. The summed E-state index contributed by atoms with van der Waals surface area (Å²) in [6.07, 6.45) is -1.28. The summed E-state index contributed by atoms with van der Waals surface area (Å²) in [5.41, 5.74) is 0. The van der Waals surface area contributed by atoms with Gasteiger partial charge in [-0.25, -0.2) is 4.79 Å². The lowest BCUT2D eigenvalue weighted by atomic mass is 9.85. The lowest BCUT2D eigenvalue weighted by Crippen LogP contribution is -2.56. The molecule has 2 fully saturated rings. The van der Waals surface area contributed by atoms with Crippen LogP contribution in [0.5, 0.6) is 0 Å². The summed E-state index contributed by atoms with van der Waals surface area (Å²) in [5, 5.41) is 18.5. The second kappa shape index (κ2) is 3.16. The highest BCUT2D eigenvalue weighted by Crippen LogP contribution is 2.27. The standard InChI is InChI=1S/C8H13NO4/c10-7-5-1-9(8(11)12)2-6(7)4-13-3-5/h5-7,10H,1-4H2,(H,11,12)/t5-,6+,7?. The van der Waals surface area contributed by atoms with Crippen molar-refractivity contribution < 1.29 is 19.7 Å². The normalized spacial score (nSPS) is 38.8. The molecule has 5 nitrogen and oxygen atoms in total. The Morgan fingerprint density at radius 2 is 1.85 bits per heavy atom. The van der Waals surface area contributed by atoms with E-state index < -0.39 is 6.09 Å². The van der Waals surface area contributed by atoms with Gasteiger partial charge in [0.25, 0.3) is 0 Å². The molecule has 2 rings (SSSR count). The van der Waals surface area contributed by atoms with Crippen LogP contribution in [0, 0.1) is 11.8 Å². The van der Waals surface area contributed by atoms with Gasteiger partial charge in [-0.05, 0) is 0 Å². The summed E-state index contributed by atoms with van der Waals surface area (Å²) in [6, 6.07) is 0. The Morgan fingerprint density at radius 1 is 1.31 bits per heavy atom. The Labute approximate surface area is 75.9 Å². The SMILES string of the molecule is O=C(O)N1C[C@H]2COC[C@@H](C1)C2O. The van der Waals surface area contributed by atoms with Crippen molar-refractivity contribution in [1.82, 2.24) is 4.90 Å². The molecule has 2 N–H and O–H groups in total. The fourth-order valence-corrected chi connectivity index (χ4v) is 2.07. The first-order chi connectivity index (χ1) is 6.18. The molecule has 1 amide bonds. The van der Waals surface area contributed by atoms with Crippen molar-refractivity contribution in [2.24, 2.45) is 11.8 Å². The van der Waals surface area contributed by atoms with Crippen LogP contribution in [0.4, 0.5) is 4.79 Å². The molecule has 0 spiro atoms. The molecule has 2 bridgehead atoms. The molecule has 2 aliphatic rings. The maximum atomic E-state index is 10.7. The highest BCUT2D eigenvalue weighted by atomic mass is 16.5. The van der Waals surface area contributed by atoms with Crippen molar-refractivity contribution in [3.05, 3.63) is 0 Å². The number of carbonyl (C=O) groups is 1. The van der Waals surface area contributed by atoms with Gasteiger partial charge in [0, 0.05) is 24.9 Å². The van der Waals surface area contributed by atoms with Gasteiger partial charge < -0.3 is 19.8 Å². The van der Waals surface area contributed by atoms with Crippen molar-refractivity contribution in [3.8, 4) is 0 Å². The molecule has 0 saturated carbocycles. The van der Waals surface area contributed by atoms with Crippen LogP contribution in [-0.4, -0.2) is 53.6 Å². The van der Waals surface area contributed by atoms with E-state index in [-0.39, 0.29) is 17.9 Å². The van der Waals surface area contributed by atoms with Crippen LogP contribution in [0.2, 0.25) is 0 Å². The highest BCUT2D eigenvalue weighted by molar-refractivity contribution is 5.65. The fraction of sp³-hybridized carbons (Fsp3) is 0.875. The highest BCUT2D eigenvalue weighted by Gasteiger charge is 2.40. The second-order valence-electron chi connectivity index (χ2n) is 3.74. The van der Waals surface area contributed by atoms with Gasteiger partial charge in [-0.2, -0.15) is 0 Å². The fourth-order valence-electron chi connectivity index (χ4n) is 2.07. The molecule has 2 saturated heterocycles. The van der Waals surface area contributed by atoms with E-state index >= 15 is 0 Å². The minimum Gasteiger partial charge on any atom is -0.465 e. The number of nitrogens with zero attached hydrogens (tertiary/aromatic N) is 1. The van der Waals surface area contributed by atoms with Gasteiger partial charge in [0.15, 0.2) is 0 Å². The first-order valence-corrected chi connectivity index (χ1v) is 4.42. The predicted molar refractivity (Wildman–Crippen MR) is 43.4 cm³/mol. The average Bonchev–Trinajstić information content (AvgIpc) is 2.02. The van der Waals surface area contributed by atoms with E-state index in [1.807, 2.05) is 0 Å². The molecule has 74 valence electrons. The van der Waals surface area contributed by atoms with Gasteiger partial charge in [0.05, 0.1) is 19.3 Å². The topological polar surface area (TPSA) is 70.0 Å². The Morgan fingerprint density at radius 3 is 2.31 bits per heavy atom. The summed E-state index contributed by atoms with van der Waals surface area (Å²) in [5.74, 6) is -0.0767. The smallest absolute Gasteiger partial charge is 0.407 e. The molecule has 2 heterocycles. The molecule has 0 aromatic rings. The number of amides is 1. The van der Waals surface area contributed by atoms with Crippen molar-refractivity contribution in [3.63, 3.8) is 0 Å². The van der Waals surface area contributed by atoms with Crippen LogP contribution in [-0.2, 0) is 4.74 Å². The summed E-state index contributed by atoms with van der Waals surface area (Å²) >= 11 is 0. The lowest BCUT2D eigenvalue weighted by Gasteiger charge is -2.43. The van der Waals surface area contributed by atoms with Crippen LogP contribution in [0.1, 0.15) is 0 Å². The maximum Gasteiger partial charge on any atom is 0.407 e. The second-order valence-corrected chi connectivity index (χ2v) is 3.74. The van der Waals surface area contributed by atoms with E-state index in [0.29, 0.717) is 26.3 Å². The van der Waals surface area contributed by atoms with E-state index in [4.69, 9.17) is 9.84 Å². The van der Waals surface area contributed by atoms with Gasteiger partial charge in [0.2, 0.25) is 0 Å². The molecule has 0 aromatic heterocycles. The first kappa shape index (κ1) is 8.77. The third-order valence-electron chi connectivity index (χ3n) is 2.81. The lowest BCUT2D eigenvalue weighted by molar-refractivity contribution is -0.117. The monoisotopic (exact) mass is 187 g/mol. The van der Waals surface area contributed by atoms with Crippen LogP contribution in [0.25, 0.3) is 0 Å². The van der Waals surface area contributed by atoms with E-state index in [1.54, 1.807) is 0 Å². The zero-order valence-electron chi connectivity index (χ0n) is 7.22. The van der Waals surface area contributed by atoms with Gasteiger partial charge in [-0.1, -0.05) is 0 Å². The number of likely N-dealkylation sites (tertiary alicyclic amines) is 1. The number of hydrogen-bond acceptors (Lipinski definition) is 3. The number of piperidine rings is 1. The molecule has 13 heavy (non-hydrogen) atoms. The third kappa shape index (κ3) is 1.49. The maximum absolute atomic E-state index is 10.7. The molecule has 3 atom stereocenters. The molecule has 0 aromatic carbocycles. The average molecular weight is 187 g/mol. The summed E-state index contributed by atoms with van der Waals surface area (Å²) in [6.45, 7) is 1.74. The van der Waals surface area contributed by atoms with Crippen LogP contribution < -0.4 is 0 Å². The van der Waals surface area contributed by atoms with Crippen LogP contribution in [0.15, 0.2) is 0 Å². The summed E-state index contributed by atoms with van der Waals surface area (Å²) < 4.78 is 5.26. The number of ether oxygens (including phenoxy) is 1. The van der Waals surface area contributed by atoms with Crippen molar-refractivity contribution in [2.45, 2.75) is 6.10 Å². The number of aliphatic hydroxyl groups is 1. The quantitative estimate of drug-likeness (QED) is 0.541. The van der Waals surface area contributed by atoms with Gasteiger partial charge >= 0.3 is 6.09 Å². The first-order valence-electron chi connectivity index (χ1n) is 4.42. The minimum atomic E-state index is -0.899. The van der Waals surface area contributed by atoms with Gasteiger partial charge in [-0.15, -0.1) is 0 Å². The Bertz CT molecular complexity index is 206. The number of rotatable bonds is 0. The van der Waals surface area contributed by atoms with E-state index in [9.17, 15) is 9.90 Å².